The highest BCUT2D eigenvalue weighted by Gasteiger charge is 2.29. The Morgan fingerprint density at radius 1 is 0.806 bits per heavy atom. The fraction of sp³-hybridized carbons (Fsp3) is 0.659. The highest BCUT2D eigenvalue weighted by molar-refractivity contribution is 5.81. The summed E-state index contributed by atoms with van der Waals surface area (Å²) < 4.78 is 33.7. The lowest BCUT2D eigenvalue weighted by Crippen LogP contribution is -2.46. The predicted molar refractivity (Wildman–Crippen MR) is 231 cm³/mol. The van der Waals surface area contributed by atoms with Gasteiger partial charge in [-0.15, -0.1) is 0 Å². The van der Waals surface area contributed by atoms with Crippen LogP contribution in [0.25, 0.3) is 11.2 Å². The first kappa shape index (κ1) is 51.1. The molecule has 1 aromatic carbocycles. The van der Waals surface area contributed by atoms with Crippen LogP contribution in [0.1, 0.15) is 129 Å². The molecule has 0 aliphatic carbocycles. The van der Waals surface area contributed by atoms with E-state index in [0.717, 1.165) is 24.8 Å². The first-order chi connectivity index (χ1) is 30.0. The van der Waals surface area contributed by atoms with Crippen molar-refractivity contribution >= 4 is 41.3 Å². The lowest BCUT2D eigenvalue weighted by atomic mass is 10.0. The second-order valence-electron chi connectivity index (χ2n) is 15.7. The van der Waals surface area contributed by atoms with Gasteiger partial charge in [0.1, 0.15) is 45.3 Å². The molecule has 2 unspecified atom stereocenters. The third kappa shape index (κ3) is 20.6. The van der Waals surface area contributed by atoms with Crippen molar-refractivity contribution < 1.29 is 52.7 Å². The quantitative estimate of drug-likeness (QED) is 0.0284. The number of benzene rings is 1. The van der Waals surface area contributed by atoms with Gasteiger partial charge in [0.2, 0.25) is 5.95 Å². The molecule has 1 amide bonds. The Balaban J connectivity index is 1.46. The SMILES string of the molecule is CCCCCCCCCCCCCCCCCC(=O)OCC(COC(=O)[C@@H](NC(=O)OCc1ccccc1)C(C)C)OC(=O)OCC(CO)OCn1cnc2c(=O)[nH]c(N)nc21. The molecule has 0 bridgehead atoms. The molecule has 0 aliphatic heterocycles. The fourth-order valence-electron chi connectivity index (χ4n) is 6.40. The summed E-state index contributed by atoms with van der Waals surface area (Å²) in [6.45, 7) is 3.40. The van der Waals surface area contributed by atoms with Crippen molar-refractivity contribution in [3.63, 3.8) is 0 Å². The van der Waals surface area contributed by atoms with E-state index in [1.807, 2.05) is 6.07 Å². The molecule has 3 rings (SSSR count). The summed E-state index contributed by atoms with van der Waals surface area (Å²) in [5, 5.41) is 12.4. The van der Waals surface area contributed by atoms with Gasteiger partial charge in [-0.05, 0) is 17.9 Å². The Hall–Kier alpha value is -5.23. The number of aliphatic hydroxyl groups is 1. The van der Waals surface area contributed by atoms with Crippen LogP contribution in [0.15, 0.2) is 41.5 Å². The summed E-state index contributed by atoms with van der Waals surface area (Å²) in [5.74, 6) is -1.87. The van der Waals surface area contributed by atoms with Crippen molar-refractivity contribution in [2.24, 2.45) is 5.92 Å². The maximum atomic E-state index is 13.2. The number of nitrogens with two attached hydrogens (primary N) is 1. The van der Waals surface area contributed by atoms with Gasteiger partial charge in [0.15, 0.2) is 17.3 Å². The van der Waals surface area contributed by atoms with Crippen molar-refractivity contribution in [2.45, 2.75) is 155 Å². The number of nitrogens with zero attached hydrogens (tertiary/aromatic N) is 3. The number of nitrogen functional groups attached to an aromatic ring is 1. The lowest BCUT2D eigenvalue weighted by molar-refractivity contribution is -0.156. The molecule has 0 saturated carbocycles. The molecule has 3 aromatic rings. The van der Waals surface area contributed by atoms with Crippen LogP contribution in [0.2, 0.25) is 0 Å². The van der Waals surface area contributed by atoms with Gasteiger partial charge >= 0.3 is 24.2 Å². The molecular weight excluding hydrogens is 805 g/mol. The van der Waals surface area contributed by atoms with E-state index in [9.17, 15) is 29.1 Å². The number of aliphatic hydroxyl groups excluding tert-OH is 1. The van der Waals surface area contributed by atoms with Crippen LogP contribution in [0.3, 0.4) is 0 Å². The number of rotatable bonds is 32. The minimum absolute atomic E-state index is 0.00850. The monoisotopic (exact) mass is 872 g/mol. The van der Waals surface area contributed by atoms with Crippen LogP contribution in [-0.4, -0.2) is 93.5 Å². The first-order valence-corrected chi connectivity index (χ1v) is 22.1. The van der Waals surface area contributed by atoms with Gasteiger partial charge in [-0.1, -0.05) is 141 Å². The zero-order valence-corrected chi connectivity index (χ0v) is 36.7. The number of fused-ring (bicyclic) bond motifs is 1. The number of imidazole rings is 1. The van der Waals surface area contributed by atoms with Crippen molar-refractivity contribution in [3.8, 4) is 0 Å². The van der Waals surface area contributed by atoms with Gasteiger partial charge in [-0.2, -0.15) is 4.98 Å². The Morgan fingerprint density at radius 3 is 2.02 bits per heavy atom. The highest BCUT2D eigenvalue weighted by Crippen LogP contribution is 2.15. The molecule has 5 N–H and O–H groups in total. The number of unbranched alkanes of at least 4 members (excludes halogenated alkanes) is 14. The van der Waals surface area contributed by atoms with Crippen LogP contribution < -0.4 is 16.6 Å². The zero-order chi connectivity index (χ0) is 45.0. The number of carbonyl (C=O) groups is 4. The van der Waals surface area contributed by atoms with E-state index in [2.05, 4.69) is 27.2 Å². The molecule has 0 spiro atoms. The van der Waals surface area contributed by atoms with Crippen LogP contribution in [0.5, 0.6) is 0 Å². The van der Waals surface area contributed by atoms with Gasteiger partial charge < -0.3 is 44.6 Å². The Bertz CT molecular complexity index is 1800. The third-order valence-corrected chi connectivity index (χ3v) is 10.0. The standard InChI is InChI=1S/C44H68N6O12/c1-4-5-6-7-8-9-10-11-12-13-14-15-16-17-21-24-36(52)57-28-35(29-58-41(54)37(32(2)3)47-43(55)59-26-33-22-19-18-20-23-33)62-44(56)60-27-34(25-51)61-31-50-30-46-38-39(50)48-42(45)49-40(38)53/h18-20,22-23,30,32,34-35,37,51H,4-17,21,24-29,31H2,1-3H3,(H,47,55)(H3,45,48,49,53)/t34?,35?,37-/m0/s1. The Morgan fingerprint density at radius 2 is 1.40 bits per heavy atom. The molecule has 0 fully saturated rings. The smallest absolute Gasteiger partial charge is 0.462 e. The van der Waals surface area contributed by atoms with Crippen molar-refractivity contribution in [1.29, 1.82) is 0 Å². The van der Waals surface area contributed by atoms with Crippen molar-refractivity contribution in [2.75, 3.05) is 32.2 Å². The normalized spacial score (nSPS) is 12.7. The number of aromatic nitrogens is 4. The van der Waals surface area contributed by atoms with E-state index in [4.69, 9.17) is 34.2 Å². The number of ether oxygens (including phenoxy) is 6. The fourth-order valence-corrected chi connectivity index (χ4v) is 6.40. The molecule has 2 heterocycles. The topological polar surface area (TPSA) is 246 Å². The average Bonchev–Trinajstić information content (AvgIpc) is 3.67. The van der Waals surface area contributed by atoms with Crippen LogP contribution in [0.4, 0.5) is 15.5 Å². The minimum Gasteiger partial charge on any atom is -0.462 e. The summed E-state index contributed by atoms with van der Waals surface area (Å²) in [5.41, 5.74) is 6.04. The van der Waals surface area contributed by atoms with Gasteiger partial charge in [-0.25, -0.2) is 19.4 Å². The number of hydrogen-bond acceptors (Lipinski definition) is 15. The number of H-pyrrole nitrogens is 1. The zero-order valence-electron chi connectivity index (χ0n) is 36.7. The predicted octanol–water partition coefficient (Wildman–Crippen LogP) is 6.86. The molecule has 3 atom stereocenters. The van der Waals surface area contributed by atoms with Gasteiger partial charge in [0, 0.05) is 6.42 Å². The minimum atomic E-state index is -1.28. The lowest BCUT2D eigenvalue weighted by Gasteiger charge is -2.23. The van der Waals surface area contributed by atoms with Gasteiger partial charge in [0.05, 0.1) is 12.9 Å². The molecule has 0 saturated heterocycles. The van der Waals surface area contributed by atoms with E-state index in [-0.39, 0.29) is 36.9 Å². The summed E-state index contributed by atoms with van der Waals surface area (Å²) in [7, 11) is 0. The second-order valence-corrected chi connectivity index (χ2v) is 15.7. The van der Waals surface area contributed by atoms with Crippen molar-refractivity contribution in [3.05, 3.63) is 52.6 Å². The summed E-state index contributed by atoms with van der Waals surface area (Å²) in [6, 6.07) is 7.92. The number of hydrogen-bond donors (Lipinski definition) is 4. The van der Waals surface area contributed by atoms with Crippen LogP contribution in [-0.2, 0) is 51.3 Å². The third-order valence-electron chi connectivity index (χ3n) is 10.0. The molecular formula is C44H68N6O12. The molecule has 18 heteroatoms. The summed E-state index contributed by atoms with van der Waals surface area (Å²) in [6.07, 6.45) is 15.0. The van der Waals surface area contributed by atoms with Crippen LogP contribution >= 0.6 is 0 Å². The number of alkyl carbamates (subject to hydrolysis) is 1. The molecule has 62 heavy (non-hydrogen) atoms. The maximum Gasteiger partial charge on any atom is 0.508 e. The van der Waals surface area contributed by atoms with E-state index in [0.29, 0.717) is 6.42 Å². The molecule has 0 aliphatic rings. The number of esters is 2. The van der Waals surface area contributed by atoms with E-state index in [1.165, 1.54) is 81.5 Å². The largest absolute Gasteiger partial charge is 0.508 e. The molecule has 18 nitrogen and oxygen atoms in total. The number of anilines is 1. The van der Waals surface area contributed by atoms with Gasteiger partial charge in [-0.3, -0.25) is 19.1 Å². The van der Waals surface area contributed by atoms with Crippen LogP contribution in [0, 0.1) is 5.92 Å². The molecule has 0 radical (unpaired) electrons. The van der Waals surface area contributed by atoms with E-state index in [1.54, 1.807) is 38.1 Å². The number of amides is 1. The van der Waals surface area contributed by atoms with E-state index >= 15 is 0 Å². The molecule has 2 aromatic heterocycles. The second kappa shape index (κ2) is 29.9. The van der Waals surface area contributed by atoms with Gasteiger partial charge in [0.25, 0.3) is 5.56 Å². The maximum absolute atomic E-state index is 13.2. The molecule has 346 valence electrons. The Labute approximate surface area is 363 Å². The average molecular weight is 873 g/mol. The number of carbonyl (C=O) groups excluding carboxylic acids is 4. The highest BCUT2D eigenvalue weighted by atomic mass is 16.7. The Kier molecular flexibility index (Phi) is 24.7. The summed E-state index contributed by atoms with van der Waals surface area (Å²) >= 11 is 0. The number of aromatic amines is 1. The number of nitrogens with one attached hydrogen (secondary N) is 2. The summed E-state index contributed by atoms with van der Waals surface area (Å²) in [4.78, 5) is 73.7. The van der Waals surface area contributed by atoms with Crippen molar-refractivity contribution in [1.82, 2.24) is 24.8 Å². The van der Waals surface area contributed by atoms with E-state index < -0.39 is 80.3 Å². The first-order valence-electron chi connectivity index (χ1n) is 22.1.